The van der Waals surface area contributed by atoms with Gasteiger partial charge in [0.05, 0.1) is 5.60 Å². The zero-order valence-corrected chi connectivity index (χ0v) is 11.4. The van der Waals surface area contributed by atoms with E-state index in [1.54, 1.807) is 12.1 Å². The van der Waals surface area contributed by atoms with Gasteiger partial charge in [-0.3, -0.25) is 0 Å². The molecule has 3 nitrogen and oxygen atoms in total. The Morgan fingerprint density at radius 1 is 1.32 bits per heavy atom. The van der Waals surface area contributed by atoms with Gasteiger partial charge in [0.15, 0.2) is 0 Å². The lowest BCUT2D eigenvalue weighted by Crippen LogP contribution is -2.47. The maximum atomic E-state index is 12.8. The highest BCUT2D eigenvalue weighted by Gasteiger charge is 2.29. The first kappa shape index (κ1) is 14.4. The number of halogens is 1. The fourth-order valence-electron chi connectivity index (χ4n) is 2.34. The normalized spacial score (nSPS) is 20.2. The van der Waals surface area contributed by atoms with Crippen LogP contribution in [0.4, 0.5) is 4.39 Å². The number of benzene rings is 1. The Labute approximate surface area is 113 Å². The van der Waals surface area contributed by atoms with E-state index in [4.69, 9.17) is 4.74 Å². The van der Waals surface area contributed by atoms with Crippen LogP contribution in [0.1, 0.15) is 25.3 Å². The molecule has 1 aromatic carbocycles. The molecule has 2 N–H and O–H groups in total. The van der Waals surface area contributed by atoms with Crippen LogP contribution >= 0.6 is 0 Å². The van der Waals surface area contributed by atoms with Crippen LogP contribution in [0.5, 0.6) is 0 Å². The number of rotatable bonds is 5. The van der Waals surface area contributed by atoms with Crippen molar-refractivity contribution in [2.24, 2.45) is 0 Å². The summed E-state index contributed by atoms with van der Waals surface area (Å²) >= 11 is 0. The number of ether oxygens (including phenoxy) is 1. The van der Waals surface area contributed by atoms with E-state index in [-0.39, 0.29) is 11.9 Å². The Morgan fingerprint density at radius 3 is 2.58 bits per heavy atom. The van der Waals surface area contributed by atoms with E-state index in [9.17, 15) is 9.50 Å². The average molecular weight is 267 g/mol. The number of hydrogen-bond acceptors (Lipinski definition) is 3. The van der Waals surface area contributed by atoms with Crippen LogP contribution in [0.2, 0.25) is 0 Å². The van der Waals surface area contributed by atoms with E-state index >= 15 is 0 Å². The average Bonchev–Trinajstić information content (AvgIpc) is 2.40. The lowest BCUT2D eigenvalue weighted by Gasteiger charge is -2.33. The van der Waals surface area contributed by atoms with Crippen LogP contribution in [-0.4, -0.2) is 36.5 Å². The fraction of sp³-hybridized carbons (Fsp3) is 0.600. The number of hydrogen-bond donors (Lipinski definition) is 2. The van der Waals surface area contributed by atoms with Gasteiger partial charge < -0.3 is 15.2 Å². The summed E-state index contributed by atoms with van der Waals surface area (Å²) in [6.45, 7) is 3.92. The summed E-state index contributed by atoms with van der Waals surface area (Å²) < 4.78 is 18.1. The van der Waals surface area contributed by atoms with Crippen molar-refractivity contribution in [2.75, 3.05) is 19.8 Å². The summed E-state index contributed by atoms with van der Waals surface area (Å²) in [7, 11) is 0. The quantitative estimate of drug-likeness (QED) is 0.856. The van der Waals surface area contributed by atoms with Crippen LogP contribution in [0, 0.1) is 5.82 Å². The second-order valence-corrected chi connectivity index (χ2v) is 5.45. The standard InChI is InChI=1S/C15H22FNO2/c1-12(10-13-2-4-14(16)5-3-13)17-11-15(18)6-8-19-9-7-15/h2-5,12,17-18H,6-11H2,1H3. The van der Waals surface area contributed by atoms with Crippen molar-refractivity contribution in [2.45, 2.75) is 37.8 Å². The minimum atomic E-state index is -0.644. The van der Waals surface area contributed by atoms with Crippen LogP contribution in [-0.2, 0) is 11.2 Å². The predicted molar refractivity (Wildman–Crippen MR) is 72.6 cm³/mol. The van der Waals surface area contributed by atoms with Gasteiger partial charge >= 0.3 is 0 Å². The maximum absolute atomic E-state index is 12.8. The van der Waals surface area contributed by atoms with E-state index < -0.39 is 5.60 Å². The number of aliphatic hydroxyl groups is 1. The van der Waals surface area contributed by atoms with Crippen molar-refractivity contribution in [1.82, 2.24) is 5.32 Å². The summed E-state index contributed by atoms with van der Waals surface area (Å²) in [6.07, 6.45) is 2.19. The van der Waals surface area contributed by atoms with E-state index in [1.165, 1.54) is 12.1 Å². The highest BCUT2D eigenvalue weighted by atomic mass is 19.1. The van der Waals surface area contributed by atoms with Crippen molar-refractivity contribution in [1.29, 1.82) is 0 Å². The molecular formula is C15H22FNO2. The molecule has 0 aliphatic carbocycles. The molecule has 106 valence electrons. The van der Waals surface area contributed by atoms with Crippen molar-refractivity contribution >= 4 is 0 Å². The summed E-state index contributed by atoms with van der Waals surface area (Å²) in [6, 6.07) is 6.81. The molecule has 0 amide bonds. The maximum Gasteiger partial charge on any atom is 0.123 e. The minimum Gasteiger partial charge on any atom is -0.388 e. The lowest BCUT2D eigenvalue weighted by molar-refractivity contribution is -0.0625. The molecule has 1 fully saturated rings. The molecule has 0 saturated carbocycles. The van der Waals surface area contributed by atoms with Gasteiger partial charge in [0.2, 0.25) is 0 Å². The van der Waals surface area contributed by atoms with E-state index in [0.29, 0.717) is 32.6 Å². The van der Waals surface area contributed by atoms with E-state index in [0.717, 1.165) is 12.0 Å². The second-order valence-electron chi connectivity index (χ2n) is 5.45. The van der Waals surface area contributed by atoms with Crippen molar-refractivity contribution in [3.63, 3.8) is 0 Å². The highest BCUT2D eigenvalue weighted by molar-refractivity contribution is 5.17. The van der Waals surface area contributed by atoms with Crippen LogP contribution in [0.15, 0.2) is 24.3 Å². The summed E-state index contributed by atoms with van der Waals surface area (Å²) in [5, 5.41) is 13.7. The third-order valence-electron chi connectivity index (χ3n) is 3.66. The molecule has 4 heteroatoms. The molecular weight excluding hydrogens is 245 g/mol. The second kappa shape index (κ2) is 6.46. The Hall–Kier alpha value is -0.970. The smallest absolute Gasteiger partial charge is 0.123 e. The summed E-state index contributed by atoms with van der Waals surface area (Å²) in [4.78, 5) is 0. The lowest BCUT2D eigenvalue weighted by atomic mass is 9.94. The summed E-state index contributed by atoms with van der Waals surface area (Å²) in [5.41, 5.74) is 0.454. The highest BCUT2D eigenvalue weighted by Crippen LogP contribution is 2.19. The van der Waals surface area contributed by atoms with Crippen LogP contribution < -0.4 is 5.32 Å². The van der Waals surface area contributed by atoms with Gasteiger partial charge in [0.1, 0.15) is 5.82 Å². The molecule has 0 aromatic heterocycles. The first-order chi connectivity index (χ1) is 9.07. The molecule has 1 aromatic rings. The fourth-order valence-corrected chi connectivity index (χ4v) is 2.34. The van der Waals surface area contributed by atoms with E-state index in [2.05, 4.69) is 12.2 Å². The molecule has 1 heterocycles. The monoisotopic (exact) mass is 267 g/mol. The Bertz CT molecular complexity index is 388. The first-order valence-electron chi connectivity index (χ1n) is 6.85. The molecule has 1 aliphatic heterocycles. The van der Waals surface area contributed by atoms with Crippen molar-refractivity contribution in [3.05, 3.63) is 35.6 Å². The predicted octanol–water partition coefficient (Wildman–Crippen LogP) is 1.89. The molecule has 1 saturated heterocycles. The molecule has 19 heavy (non-hydrogen) atoms. The molecule has 2 rings (SSSR count). The molecule has 0 bridgehead atoms. The largest absolute Gasteiger partial charge is 0.388 e. The van der Waals surface area contributed by atoms with E-state index in [1.807, 2.05) is 0 Å². The van der Waals surface area contributed by atoms with Gasteiger partial charge in [-0.25, -0.2) is 4.39 Å². The third kappa shape index (κ3) is 4.56. The topological polar surface area (TPSA) is 41.5 Å². The molecule has 0 spiro atoms. The van der Waals surface area contributed by atoms with Gasteiger partial charge in [0, 0.05) is 38.6 Å². The zero-order chi connectivity index (χ0) is 13.7. The Kier molecular flexibility index (Phi) is 4.91. The van der Waals surface area contributed by atoms with Crippen LogP contribution in [0.3, 0.4) is 0 Å². The number of nitrogens with one attached hydrogen (secondary N) is 1. The van der Waals surface area contributed by atoms with Crippen molar-refractivity contribution in [3.8, 4) is 0 Å². The SMILES string of the molecule is CC(Cc1ccc(F)cc1)NCC1(O)CCOCC1. The third-order valence-corrected chi connectivity index (χ3v) is 3.66. The summed E-state index contributed by atoms with van der Waals surface area (Å²) in [5.74, 6) is -0.208. The van der Waals surface area contributed by atoms with Gasteiger partial charge in [-0.2, -0.15) is 0 Å². The van der Waals surface area contributed by atoms with Gasteiger partial charge in [-0.15, -0.1) is 0 Å². The Balaban J connectivity index is 1.77. The Morgan fingerprint density at radius 2 is 1.95 bits per heavy atom. The zero-order valence-electron chi connectivity index (χ0n) is 11.4. The van der Waals surface area contributed by atoms with Gasteiger partial charge in [-0.1, -0.05) is 12.1 Å². The molecule has 1 unspecified atom stereocenters. The minimum absolute atomic E-state index is 0.208. The molecule has 1 aliphatic rings. The van der Waals surface area contributed by atoms with Gasteiger partial charge in [0.25, 0.3) is 0 Å². The van der Waals surface area contributed by atoms with Gasteiger partial charge in [-0.05, 0) is 31.0 Å². The molecule has 1 atom stereocenters. The molecule has 0 radical (unpaired) electrons. The van der Waals surface area contributed by atoms with Crippen molar-refractivity contribution < 1.29 is 14.2 Å². The first-order valence-corrected chi connectivity index (χ1v) is 6.85. The van der Waals surface area contributed by atoms with Crippen LogP contribution in [0.25, 0.3) is 0 Å².